The SMILES string of the molecule is Cc1cc([N+](=O)[O-])cc2c1N[C@H](c1ccccc1)[C@H]1CC=C[C@@H]21. The van der Waals surface area contributed by atoms with Crippen molar-refractivity contribution in [3.63, 3.8) is 0 Å². The van der Waals surface area contributed by atoms with Gasteiger partial charge in [0.05, 0.1) is 11.0 Å². The summed E-state index contributed by atoms with van der Waals surface area (Å²) >= 11 is 0. The van der Waals surface area contributed by atoms with E-state index >= 15 is 0 Å². The van der Waals surface area contributed by atoms with Gasteiger partial charge in [0, 0.05) is 23.7 Å². The maximum Gasteiger partial charge on any atom is 0.270 e. The van der Waals surface area contributed by atoms with Gasteiger partial charge in [0.25, 0.3) is 5.69 Å². The van der Waals surface area contributed by atoms with Gasteiger partial charge in [0.15, 0.2) is 0 Å². The third kappa shape index (κ3) is 2.22. The summed E-state index contributed by atoms with van der Waals surface area (Å²) in [6, 6.07) is 14.1. The number of hydrogen-bond acceptors (Lipinski definition) is 3. The largest absolute Gasteiger partial charge is 0.377 e. The topological polar surface area (TPSA) is 55.2 Å². The first-order chi connectivity index (χ1) is 11.1. The highest BCUT2D eigenvalue weighted by atomic mass is 16.6. The molecule has 0 aromatic heterocycles. The molecule has 4 nitrogen and oxygen atoms in total. The number of hydrogen-bond donors (Lipinski definition) is 1. The fourth-order valence-electron chi connectivity index (χ4n) is 3.96. The first kappa shape index (κ1) is 14.0. The van der Waals surface area contributed by atoms with E-state index in [1.807, 2.05) is 13.0 Å². The van der Waals surface area contributed by atoms with Crippen LogP contribution in [0, 0.1) is 23.0 Å². The third-order valence-corrected chi connectivity index (χ3v) is 5.02. The zero-order valence-corrected chi connectivity index (χ0v) is 12.9. The molecule has 116 valence electrons. The van der Waals surface area contributed by atoms with E-state index < -0.39 is 0 Å². The maximum absolute atomic E-state index is 11.2. The van der Waals surface area contributed by atoms with Crippen molar-refractivity contribution in [2.75, 3.05) is 5.32 Å². The lowest BCUT2D eigenvalue weighted by Gasteiger charge is -2.38. The van der Waals surface area contributed by atoms with Gasteiger partial charge in [-0.1, -0.05) is 42.5 Å². The highest BCUT2D eigenvalue weighted by molar-refractivity contribution is 5.67. The Morgan fingerprint density at radius 1 is 1.22 bits per heavy atom. The molecule has 23 heavy (non-hydrogen) atoms. The Kier molecular flexibility index (Phi) is 3.18. The number of fused-ring (bicyclic) bond motifs is 3. The summed E-state index contributed by atoms with van der Waals surface area (Å²) in [7, 11) is 0. The second-order valence-corrected chi connectivity index (χ2v) is 6.37. The van der Waals surface area contributed by atoms with Gasteiger partial charge in [-0.3, -0.25) is 10.1 Å². The van der Waals surface area contributed by atoms with Crippen LogP contribution in [-0.4, -0.2) is 4.92 Å². The molecular formula is C19H18N2O2. The Hall–Kier alpha value is -2.62. The van der Waals surface area contributed by atoms with Crippen LogP contribution in [0.3, 0.4) is 0 Å². The molecule has 0 bridgehead atoms. The van der Waals surface area contributed by atoms with E-state index in [1.54, 1.807) is 12.1 Å². The van der Waals surface area contributed by atoms with E-state index in [-0.39, 0.29) is 22.6 Å². The number of nitro groups is 1. The number of anilines is 1. The fraction of sp³-hybridized carbons (Fsp3) is 0.263. The van der Waals surface area contributed by atoms with Gasteiger partial charge in [-0.2, -0.15) is 0 Å². The molecule has 3 atom stereocenters. The molecule has 1 N–H and O–H groups in total. The summed E-state index contributed by atoms with van der Waals surface area (Å²) in [6.07, 6.45) is 5.41. The van der Waals surface area contributed by atoms with Gasteiger partial charge in [0.1, 0.15) is 0 Å². The maximum atomic E-state index is 11.2. The molecule has 0 fully saturated rings. The second kappa shape index (κ2) is 5.23. The third-order valence-electron chi connectivity index (χ3n) is 5.02. The van der Waals surface area contributed by atoms with Gasteiger partial charge in [0.2, 0.25) is 0 Å². The van der Waals surface area contributed by atoms with Gasteiger partial charge in [-0.25, -0.2) is 0 Å². The Labute approximate surface area is 135 Å². The lowest BCUT2D eigenvalue weighted by molar-refractivity contribution is -0.385. The monoisotopic (exact) mass is 306 g/mol. The number of benzene rings is 2. The average molecular weight is 306 g/mol. The van der Waals surface area contributed by atoms with E-state index in [2.05, 4.69) is 41.7 Å². The van der Waals surface area contributed by atoms with Gasteiger partial charge in [-0.05, 0) is 36.0 Å². The van der Waals surface area contributed by atoms with Crippen molar-refractivity contribution in [2.24, 2.45) is 5.92 Å². The van der Waals surface area contributed by atoms with Crippen LogP contribution in [0.15, 0.2) is 54.6 Å². The Morgan fingerprint density at radius 3 is 2.74 bits per heavy atom. The average Bonchev–Trinajstić information content (AvgIpc) is 3.04. The molecule has 2 aliphatic rings. The zero-order valence-electron chi connectivity index (χ0n) is 12.9. The zero-order chi connectivity index (χ0) is 16.0. The summed E-state index contributed by atoms with van der Waals surface area (Å²) < 4.78 is 0. The van der Waals surface area contributed by atoms with Crippen LogP contribution in [0.25, 0.3) is 0 Å². The van der Waals surface area contributed by atoms with Crippen LogP contribution in [0.5, 0.6) is 0 Å². The van der Waals surface area contributed by atoms with Crippen molar-refractivity contribution in [3.8, 4) is 0 Å². The molecule has 0 radical (unpaired) electrons. The summed E-state index contributed by atoms with van der Waals surface area (Å²) in [4.78, 5) is 10.9. The molecule has 0 spiro atoms. The first-order valence-electron chi connectivity index (χ1n) is 7.92. The van der Waals surface area contributed by atoms with Crippen LogP contribution < -0.4 is 5.32 Å². The molecule has 0 unspecified atom stereocenters. The molecule has 1 heterocycles. The van der Waals surface area contributed by atoms with Crippen molar-refractivity contribution in [2.45, 2.75) is 25.3 Å². The second-order valence-electron chi connectivity index (χ2n) is 6.37. The van der Waals surface area contributed by atoms with E-state index in [0.29, 0.717) is 5.92 Å². The molecule has 2 aromatic rings. The van der Waals surface area contributed by atoms with Crippen molar-refractivity contribution in [3.05, 3.63) is 81.4 Å². The fourth-order valence-corrected chi connectivity index (χ4v) is 3.96. The van der Waals surface area contributed by atoms with Crippen LogP contribution in [0.2, 0.25) is 0 Å². The van der Waals surface area contributed by atoms with Crippen LogP contribution in [-0.2, 0) is 0 Å². The highest BCUT2D eigenvalue weighted by Gasteiger charge is 2.39. The van der Waals surface area contributed by atoms with E-state index in [1.165, 1.54) is 5.56 Å². The van der Waals surface area contributed by atoms with E-state index in [0.717, 1.165) is 23.2 Å². The van der Waals surface area contributed by atoms with Gasteiger partial charge >= 0.3 is 0 Å². The normalized spacial score (nSPS) is 24.7. The van der Waals surface area contributed by atoms with Gasteiger partial charge in [-0.15, -0.1) is 0 Å². The molecular weight excluding hydrogens is 288 g/mol. The van der Waals surface area contributed by atoms with Crippen LogP contribution in [0.4, 0.5) is 11.4 Å². The molecule has 4 rings (SSSR count). The summed E-state index contributed by atoms with van der Waals surface area (Å²) in [6.45, 7) is 1.94. The minimum absolute atomic E-state index is 0.181. The number of rotatable bonds is 2. The molecule has 1 aliphatic carbocycles. The lowest BCUT2D eigenvalue weighted by Crippen LogP contribution is -2.29. The van der Waals surface area contributed by atoms with Crippen molar-refractivity contribution < 1.29 is 4.92 Å². The quantitative estimate of drug-likeness (QED) is 0.496. The number of allylic oxidation sites excluding steroid dienone is 2. The Bertz CT molecular complexity index is 799. The molecule has 0 saturated heterocycles. The summed E-state index contributed by atoms with van der Waals surface area (Å²) in [5, 5.41) is 14.8. The molecule has 0 saturated carbocycles. The number of nitrogens with zero attached hydrogens (tertiary/aromatic N) is 1. The van der Waals surface area contributed by atoms with Crippen LogP contribution in [0.1, 0.15) is 35.1 Å². The predicted molar refractivity (Wildman–Crippen MR) is 90.6 cm³/mol. The predicted octanol–water partition coefficient (Wildman–Crippen LogP) is 4.73. The number of nitro benzene ring substituents is 1. The van der Waals surface area contributed by atoms with Gasteiger partial charge < -0.3 is 5.32 Å². The van der Waals surface area contributed by atoms with Crippen molar-refractivity contribution >= 4 is 11.4 Å². The molecule has 0 amide bonds. The minimum Gasteiger partial charge on any atom is -0.377 e. The standard InChI is InChI=1S/C19H18N2O2/c1-12-10-14(21(22)23)11-17-15-8-5-9-16(15)19(20-18(12)17)13-6-3-2-4-7-13/h2-8,10-11,15-16,19-20H,9H2,1H3/t15-,16+,19-/m1/s1. The smallest absolute Gasteiger partial charge is 0.270 e. The first-order valence-corrected chi connectivity index (χ1v) is 7.92. The van der Waals surface area contributed by atoms with Crippen molar-refractivity contribution in [1.29, 1.82) is 0 Å². The molecule has 2 aromatic carbocycles. The van der Waals surface area contributed by atoms with E-state index in [4.69, 9.17) is 0 Å². The van der Waals surface area contributed by atoms with Crippen molar-refractivity contribution in [1.82, 2.24) is 0 Å². The van der Waals surface area contributed by atoms with Crippen LogP contribution >= 0.6 is 0 Å². The molecule has 4 heteroatoms. The molecule has 1 aliphatic heterocycles. The highest BCUT2D eigenvalue weighted by Crippen LogP contribution is 2.51. The van der Waals surface area contributed by atoms with E-state index in [9.17, 15) is 10.1 Å². The lowest BCUT2D eigenvalue weighted by atomic mass is 9.76. The summed E-state index contributed by atoms with van der Waals surface area (Å²) in [5.41, 5.74) is 4.50. The number of non-ortho nitro benzene ring substituents is 1. The number of aryl methyl sites for hydroxylation is 1. The Balaban J connectivity index is 1.84. The Morgan fingerprint density at radius 2 is 2.00 bits per heavy atom. The number of nitrogens with one attached hydrogen (secondary N) is 1. The minimum atomic E-state index is -0.301. The summed E-state index contributed by atoms with van der Waals surface area (Å²) in [5.74, 6) is 0.654.